The number of sulfonamides is 1. The second kappa shape index (κ2) is 3.08. The third-order valence-electron chi connectivity index (χ3n) is 1.14. The van der Waals surface area contributed by atoms with Crippen LogP contribution in [0.1, 0.15) is 11.3 Å². The van der Waals surface area contributed by atoms with E-state index in [9.17, 15) is 17.2 Å². The molecule has 0 aliphatic carbocycles. The first-order valence-electron chi connectivity index (χ1n) is 2.80. The standard InChI is InChI=1S/C5H5F2NO2S2/c6-5(7)4-1-3(2-11-4)12(8,9)10/h1-2,5H,(H2,8,9,10). The second-order valence-corrected chi connectivity index (χ2v) is 4.53. The molecule has 0 saturated carbocycles. The number of thiophene rings is 1. The van der Waals surface area contributed by atoms with Gasteiger partial charge >= 0.3 is 0 Å². The summed E-state index contributed by atoms with van der Waals surface area (Å²) < 4.78 is 45.1. The van der Waals surface area contributed by atoms with Gasteiger partial charge in [0.2, 0.25) is 10.0 Å². The van der Waals surface area contributed by atoms with Crippen molar-refractivity contribution in [2.75, 3.05) is 0 Å². The summed E-state index contributed by atoms with van der Waals surface area (Å²) in [5.74, 6) is 0. The van der Waals surface area contributed by atoms with Gasteiger partial charge < -0.3 is 0 Å². The van der Waals surface area contributed by atoms with E-state index in [2.05, 4.69) is 0 Å². The lowest BCUT2D eigenvalue weighted by atomic mass is 10.5. The van der Waals surface area contributed by atoms with E-state index in [0.29, 0.717) is 11.3 Å². The Morgan fingerprint density at radius 2 is 2.08 bits per heavy atom. The average molecular weight is 213 g/mol. The largest absolute Gasteiger partial charge is 0.272 e. The van der Waals surface area contributed by atoms with E-state index in [1.807, 2.05) is 0 Å². The van der Waals surface area contributed by atoms with E-state index in [1.165, 1.54) is 0 Å². The van der Waals surface area contributed by atoms with Gasteiger partial charge in [-0.3, -0.25) is 0 Å². The van der Waals surface area contributed by atoms with Crippen molar-refractivity contribution in [3.05, 3.63) is 16.3 Å². The summed E-state index contributed by atoms with van der Waals surface area (Å²) in [6, 6.07) is 0.880. The topological polar surface area (TPSA) is 60.2 Å². The normalized spacial score (nSPS) is 12.3. The Balaban J connectivity index is 3.09. The molecular formula is C5H5F2NO2S2. The van der Waals surface area contributed by atoms with E-state index >= 15 is 0 Å². The molecule has 1 rings (SSSR count). The van der Waals surface area contributed by atoms with Gasteiger partial charge in [-0.05, 0) is 6.07 Å². The smallest absolute Gasteiger partial charge is 0.225 e. The highest BCUT2D eigenvalue weighted by molar-refractivity contribution is 7.89. The number of hydrogen-bond donors (Lipinski definition) is 1. The Kier molecular flexibility index (Phi) is 2.45. The molecule has 0 aliphatic heterocycles. The van der Waals surface area contributed by atoms with Gasteiger partial charge in [-0.1, -0.05) is 0 Å². The van der Waals surface area contributed by atoms with Crippen molar-refractivity contribution in [1.82, 2.24) is 0 Å². The first kappa shape index (κ1) is 9.56. The van der Waals surface area contributed by atoms with Crippen LogP contribution in [0.25, 0.3) is 0 Å². The van der Waals surface area contributed by atoms with Gasteiger partial charge in [0.15, 0.2) is 0 Å². The van der Waals surface area contributed by atoms with Crippen LogP contribution in [-0.2, 0) is 10.0 Å². The zero-order chi connectivity index (χ0) is 9.35. The zero-order valence-electron chi connectivity index (χ0n) is 5.70. The molecule has 0 aliphatic rings. The van der Waals surface area contributed by atoms with E-state index in [1.54, 1.807) is 0 Å². The summed E-state index contributed by atoms with van der Waals surface area (Å²) in [5, 5.41) is 5.80. The first-order valence-corrected chi connectivity index (χ1v) is 5.23. The van der Waals surface area contributed by atoms with Gasteiger partial charge in [0.05, 0.1) is 9.77 Å². The molecule has 0 radical (unpaired) electrons. The minimum atomic E-state index is -3.84. The first-order chi connectivity index (χ1) is 5.41. The average Bonchev–Trinajstić information content (AvgIpc) is 2.30. The van der Waals surface area contributed by atoms with Gasteiger partial charge in [-0.2, -0.15) is 0 Å². The van der Waals surface area contributed by atoms with Gasteiger partial charge in [-0.25, -0.2) is 22.3 Å². The molecular weight excluding hydrogens is 208 g/mol. The molecule has 12 heavy (non-hydrogen) atoms. The van der Waals surface area contributed by atoms with Crippen LogP contribution in [0.5, 0.6) is 0 Å². The molecule has 0 unspecified atom stereocenters. The number of alkyl halides is 2. The molecule has 1 aromatic heterocycles. The molecule has 3 nitrogen and oxygen atoms in total. The quantitative estimate of drug-likeness (QED) is 0.805. The van der Waals surface area contributed by atoms with Gasteiger partial charge in [-0.15, -0.1) is 11.3 Å². The van der Waals surface area contributed by atoms with E-state index in [-0.39, 0.29) is 9.77 Å². The zero-order valence-corrected chi connectivity index (χ0v) is 7.33. The predicted molar refractivity (Wildman–Crippen MR) is 40.6 cm³/mol. The summed E-state index contributed by atoms with van der Waals surface area (Å²) in [5.41, 5.74) is 0. The van der Waals surface area contributed by atoms with Crippen molar-refractivity contribution in [2.45, 2.75) is 11.3 Å². The Morgan fingerprint density at radius 1 is 1.50 bits per heavy atom. The highest BCUT2D eigenvalue weighted by Crippen LogP contribution is 2.27. The van der Waals surface area contributed by atoms with Gasteiger partial charge in [0.25, 0.3) is 6.43 Å². The van der Waals surface area contributed by atoms with Crippen LogP contribution in [0.2, 0.25) is 0 Å². The van der Waals surface area contributed by atoms with Crippen LogP contribution in [-0.4, -0.2) is 8.42 Å². The van der Waals surface area contributed by atoms with Crippen LogP contribution < -0.4 is 5.14 Å². The van der Waals surface area contributed by atoms with Crippen LogP contribution in [0.3, 0.4) is 0 Å². The Labute approximate surface area is 71.9 Å². The highest BCUT2D eigenvalue weighted by Gasteiger charge is 2.15. The number of nitrogens with two attached hydrogens (primary N) is 1. The van der Waals surface area contributed by atoms with Gasteiger partial charge in [0.1, 0.15) is 0 Å². The molecule has 7 heteroatoms. The van der Waals surface area contributed by atoms with Crippen molar-refractivity contribution in [3.8, 4) is 0 Å². The molecule has 2 N–H and O–H groups in total. The highest BCUT2D eigenvalue weighted by atomic mass is 32.2. The molecule has 0 bridgehead atoms. The number of halogens is 2. The maximum Gasteiger partial charge on any atom is 0.272 e. The molecule has 0 spiro atoms. The fourth-order valence-electron chi connectivity index (χ4n) is 0.598. The van der Waals surface area contributed by atoms with Crippen molar-refractivity contribution in [3.63, 3.8) is 0 Å². The van der Waals surface area contributed by atoms with Crippen molar-refractivity contribution >= 4 is 21.4 Å². The van der Waals surface area contributed by atoms with Crippen LogP contribution >= 0.6 is 11.3 Å². The van der Waals surface area contributed by atoms with Crippen molar-refractivity contribution < 1.29 is 17.2 Å². The van der Waals surface area contributed by atoms with Gasteiger partial charge in [0, 0.05) is 5.38 Å². The fraction of sp³-hybridized carbons (Fsp3) is 0.200. The van der Waals surface area contributed by atoms with E-state index in [4.69, 9.17) is 5.14 Å². The Hall–Kier alpha value is -0.530. The number of hydrogen-bond acceptors (Lipinski definition) is 3. The fourth-order valence-corrected chi connectivity index (χ4v) is 2.26. The lowest BCUT2D eigenvalue weighted by molar-refractivity contribution is 0.155. The summed E-state index contributed by atoms with van der Waals surface area (Å²) in [6.07, 6.45) is -2.65. The van der Waals surface area contributed by atoms with Crippen LogP contribution in [0, 0.1) is 0 Å². The molecule has 0 saturated heterocycles. The third kappa shape index (κ3) is 1.99. The lowest BCUT2D eigenvalue weighted by Gasteiger charge is -1.90. The van der Waals surface area contributed by atoms with E-state index in [0.717, 1.165) is 11.4 Å². The SMILES string of the molecule is NS(=O)(=O)c1csc(C(F)F)c1. The summed E-state index contributed by atoms with van der Waals surface area (Å²) >= 11 is 0.675. The summed E-state index contributed by atoms with van der Waals surface area (Å²) in [4.78, 5) is -0.554. The number of primary sulfonamides is 1. The van der Waals surface area contributed by atoms with Crippen LogP contribution in [0.4, 0.5) is 8.78 Å². The molecule has 68 valence electrons. The third-order valence-corrected chi connectivity index (χ3v) is 3.12. The Morgan fingerprint density at radius 3 is 2.33 bits per heavy atom. The van der Waals surface area contributed by atoms with E-state index < -0.39 is 16.4 Å². The van der Waals surface area contributed by atoms with Crippen molar-refractivity contribution in [2.24, 2.45) is 5.14 Å². The molecule has 0 atom stereocenters. The second-order valence-electron chi connectivity index (χ2n) is 2.03. The van der Waals surface area contributed by atoms with Crippen molar-refractivity contribution in [1.29, 1.82) is 0 Å². The summed E-state index contributed by atoms with van der Waals surface area (Å²) in [6.45, 7) is 0. The number of rotatable bonds is 2. The predicted octanol–water partition coefficient (Wildman–Crippen LogP) is 1.33. The lowest BCUT2D eigenvalue weighted by Crippen LogP contribution is -2.10. The Bertz CT molecular complexity index is 371. The molecule has 1 aromatic rings. The summed E-state index contributed by atoms with van der Waals surface area (Å²) in [7, 11) is -3.84. The molecule has 0 aromatic carbocycles. The molecule has 0 amide bonds. The maximum absolute atomic E-state index is 11.9. The molecule has 1 heterocycles. The minimum absolute atomic E-state index is 0.261. The van der Waals surface area contributed by atoms with Crippen LogP contribution in [0.15, 0.2) is 16.3 Å². The monoisotopic (exact) mass is 213 g/mol. The maximum atomic E-state index is 11.9. The minimum Gasteiger partial charge on any atom is -0.225 e. The molecule has 0 fully saturated rings.